The van der Waals surface area contributed by atoms with Gasteiger partial charge < -0.3 is 19.3 Å². The fraction of sp³-hybridized carbons (Fsp3) is 0.111. The second kappa shape index (κ2) is 8.99. The van der Waals surface area contributed by atoms with E-state index in [1.54, 1.807) is 48.5 Å². The van der Waals surface area contributed by atoms with Gasteiger partial charge in [0.25, 0.3) is 6.29 Å². The maximum absolute atomic E-state index is 11.5. The highest BCUT2D eigenvalue weighted by Crippen LogP contribution is 2.16. The van der Waals surface area contributed by atoms with Crippen molar-refractivity contribution < 1.29 is 28.9 Å². The standard InChI is InChI=1S/C18H16O6/c19-16(20)11-12-17(21)22-13-18(23-14-7-3-1-4-8-14)24-15-9-5-2-6-10-15/h1-12,18H,13H2,(H,19,20). The molecule has 0 bridgehead atoms. The number of hydrogen-bond acceptors (Lipinski definition) is 5. The summed E-state index contributed by atoms with van der Waals surface area (Å²) in [7, 11) is 0. The molecule has 0 aliphatic heterocycles. The number of carboxylic acids is 1. The molecule has 0 spiro atoms. The molecule has 2 aromatic rings. The predicted octanol–water partition coefficient (Wildman–Crippen LogP) is 2.65. The summed E-state index contributed by atoms with van der Waals surface area (Å²) < 4.78 is 16.3. The van der Waals surface area contributed by atoms with Crippen LogP contribution in [0.1, 0.15) is 0 Å². The third-order valence-electron chi connectivity index (χ3n) is 2.75. The molecule has 6 heteroatoms. The van der Waals surface area contributed by atoms with Gasteiger partial charge in [-0.25, -0.2) is 9.59 Å². The maximum Gasteiger partial charge on any atom is 0.331 e. The van der Waals surface area contributed by atoms with Gasteiger partial charge >= 0.3 is 11.9 Å². The van der Waals surface area contributed by atoms with Crippen molar-refractivity contribution in [3.63, 3.8) is 0 Å². The average molecular weight is 328 g/mol. The van der Waals surface area contributed by atoms with E-state index in [4.69, 9.17) is 19.3 Å². The Bertz CT molecular complexity index is 640. The van der Waals surface area contributed by atoms with Gasteiger partial charge in [0.1, 0.15) is 11.5 Å². The maximum atomic E-state index is 11.5. The second-order valence-electron chi connectivity index (χ2n) is 4.59. The van der Waals surface area contributed by atoms with Gasteiger partial charge in [-0.2, -0.15) is 0 Å². The number of ether oxygens (including phenoxy) is 3. The Labute approximate surface area is 138 Å². The van der Waals surface area contributed by atoms with Gasteiger partial charge in [0.15, 0.2) is 6.61 Å². The van der Waals surface area contributed by atoms with Crippen LogP contribution in [-0.2, 0) is 14.3 Å². The zero-order chi connectivity index (χ0) is 17.2. The largest absolute Gasteiger partial charge is 0.478 e. The van der Waals surface area contributed by atoms with Crippen molar-refractivity contribution in [1.29, 1.82) is 0 Å². The molecule has 24 heavy (non-hydrogen) atoms. The Morgan fingerprint density at radius 2 is 1.38 bits per heavy atom. The van der Waals surface area contributed by atoms with E-state index in [-0.39, 0.29) is 6.61 Å². The first kappa shape index (κ1) is 17.1. The smallest absolute Gasteiger partial charge is 0.331 e. The Morgan fingerprint density at radius 3 is 1.83 bits per heavy atom. The van der Waals surface area contributed by atoms with Crippen molar-refractivity contribution >= 4 is 11.9 Å². The van der Waals surface area contributed by atoms with Crippen molar-refractivity contribution in [2.45, 2.75) is 6.29 Å². The highest BCUT2D eigenvalue weighted by Gasteiger charge is 2.15. The van der Waals surface area contributed by atoms with Crippen LogP contribution < -0.4 is 9.47 Å². The number of esters is 1. The summed E-state index contributed by atoms with van der Waals surface area (Å²) in [6.45, 7) is -0.202. The van der Waals surface area contributed by atoms with Crippen LogP contribution in [0.2, 0.25) is 0 Å². The lowest BCUT2D eigenvalue weighted by Crippen LogP contribution is -2.30. The van der Waals surface area contributed by atoms with Gasteiger partial charge in [-0.1, -0.05) is 36.4 Å². The molecule has 0 atom stereocenters. The number of rotatable bonds is 8. The molecule has 0 aromatic heterocycles. The lowest BCUT2D eigenvalue weighted by Gasteiger charge is -2.20. The molecular weight excluding hydrogens is 312 g/mol. The summed E-state index contributed by atoms with van der Waals surface area (Å²) in [5.41, 5.74) is 0. The van der Waals surface area contributed by atoms with E-state index in [9.17, 15) is 9.59 Å². The number of para-hydroxylation sites is 2. The Hall–Kier alpha value is -3.28. The summed E-state index contributed by atoms with van der Waals surface area (Å²) in [4.78, 5) is 21.9. The Balaban J connectivity index is 1.99. The molecule has 0 saturated heterocycles. The van der Waals surface area contributed by atoms with Crippen LogP contribution in [0.5, 0.6) is 11.5 Å². The normalized spacial score (nSPS) is 10.5. The van der Waals surface area contributed by atoms with Gasteiger partial charge in [0.2, 0.25) is 0 Å². The molecule has 0 unspecified atom stereocenters. The van der Waals surface area contributed by atoms with E-state index in [2.05, 4.69) is 0 Å². The van der Waals surface area contributed by atoms with Gasteiger partial charge in [-0.3, -0.25) is 0 Å². The van der Waals surface area contributed by atoms with Crippen LogP contribution >= 0.6 is 0 Å². The molecule has 0 radical (unpaired) electrons. The zero-order valence-electron chi connectivity index (χ0n) is 12.7. The summed E-state index contributed by atoms with van der Waals surface area (Å²) in [5, 5.41) is 8.49. The van der Waals surface area contributed by atoms with Gasteiger partial charge in [-0.05, 0) is 24.3 Å². The SMILES string of the molecule is O=C(O)C=CC(=O)OCC(Oc1ccccc1)Oc1ccccc1. The number of carbonyl (C=O) groups is 2. The van der Waals surface area contributed by atoms with Crippen molar-refractivity contribution in [2.24, 2.45) is 0 Å². The first-order valence-electron chi connectivity index (χ1n) is 7.14. The van der Waals surface area contributed by atoms with Crippen LogP contribution in [0.25, 0.3) is 0 Å². The van der Waals surface area contributed by atoms with Crippen LogP contribution in [0.15, 0.2) is 72.8 Å². The first-order valence-corrected chi connectivity index (χ1v) is 7.14. The van der Waals surface area contributed by atoms with E-state index >= 15 is 0 Å². The van der Waals surface area contributed by atoms with E-state index in [1.807, 2.05) is 12.1 Å². The van der Waals surface area contributed by atoms with Crippen molar-refractivity contribution in [3.8, 4) is 11.5 Å². The molecular formula is C18H16O6. The Morgan fingerprint density at radius 1 is 0.875 bits per heavy atom. The highest BCUT2D eigenvalue weighted by atomic mass is 16.7. The average Bonchev–Trinajstić information content (AvgIpc) is 2.59. The molecule has 1 N–H and O–H groups in total. The minimum absolute atomic E-state index is 0.202. The molecule has 0 saturated carbocycles. The number of hydrogen-bond donors (Lipinski definition) is 1. The van der Waals surface area contributed by atoms with Gasteiger partial charge in [-0.15, -0.1) is 0 Å². The fourth-order valence-corrected chi connectivity index (χ4v) is 1.73. The molecule has 6 nitrogen and oxygen atoms in total. The van der Waals surface area contributed by atoms with Crippen molar-refractivity contribution in [1.82, 2.24) is 0 Å². The van der Waals surface area contributed by atoms with Crippen LogP contribution in [0.4, 0.5) is 0 Å². The van der Waals surface area contributed by atoms with Gasteiger partial charge in [0, 0.05) is 12.2 Å². The monoisotopic (exact) mass is 328 g/mol. The fourth-order valence-electron chi connectivity index (χ4n) is 1.73. The van der Waals surface area contributed by atoms with Crippen molar-refractivity contribution in [3.05, 3.63) is 72.8 Å². The van der Waals surface area contributed by atoms with Gasteiger partial charge in [0.05, 0.1) is 0 Å². The molecule has 0 fully saturated rings. The minimum Gasteiger partial charge on any atom is -0.478 e. The topological polar surface area (TPSA) is 82.1 Å². The molecule has 0 heterocycles. The quantitative estimate of drug-likeness (QED) is 0.456. The molecule has 0 aliphatic carbocycles. The number of aliphatic carboxylic acids is 1. The lowest BCUT2D eigenvalue weighted by molar-refractivity contribution is -0.146. The van der Waals surface area contributed by atoms with E-state index in [1.165, 1.54) is 0 Å². The minimum atomic E-state index is -1.23. The van der Waals surface area contributed by atoms with E-state index in [0.29, 0.717) is 17.6 Å². The zero-order valence-corrected chi connectivity index (χ0v) is 12.7. The third kappa shape index (κ3) is 6.23. The van der Waals surface area contributed by atoms with E-state index < -0.39 is 18.2 Å². The summed E-state index contributed by atoms with van der Waals surface area (Å²) >= 11 is 0. The summed E-state index contributed by atoms with van der Waals surface area (Å²) in [5.74, 6) is -0.925. The predicted molar refractivity (Wildman–Crippen MR) is 85.7 cm³/mol. The number of carbonyl (C=O) groups excluding carboxylic acids is 1. The lowest BCUT2D eigenvalue weighted by atomic mass is 10.3. The molecule has 0 amide bonds. The van der Waals surface area contributed by atoms with Crippen molar-refractivity contribution in [2.75, 3.05) is 6.61 Å². The third-order valence-corrected chi connectivity index (χ3v) is 2.75. The second-order valence-corrected chi connectivity index (χ2v) is 4.59. The summed E-state index contributed by atoms with van der Waals surface area (Å²) in [6.07, 6.45) is 0.648. The van der Waals surface area contributed by atoms with Crippen LogP contribution in [-0.4, -0.2) is 29.9 Å². The molecule has 2 rings (SSSR count). The van der Waals surface area contributed by atoms with E-state index in [0.717, 1.165) is 6.08 Å². The number of benzene rings is 2. The number of carboxylic acid groups (broad SMARTS) is 1. The van der Waals surface area contributed by atoms with Crippen LogP contribution in [0, 0.1) is 0 Å². The molecule has 124 valence electrons. The molecule has 0 aliphatic rings. The Kier molecular flexibility index (Phi) is 6.40. The highest BCUT2D eigenvalue weighted by molar-refractivity contribution is 5.90. The first-order chi connectivity index (χ1) is 11.6. The molecule has 2 aromatic carbocycles. The summed E-state index contributed by atoms with van der Waals surface area (Å²) in [6, 6.07) is 17.9. The van der Waals surface area contributed by atoms with Crippen LogP contribution in [0.3, 0.4) is 0 Å².